The second-order valence-corrected chi connectivity index (χ2v) is 21.9. The molecule has 2 atom stereocenters. The smallest absolute Gasteiger partial charge is 0.410 e. The van der Waals surface area contributed by atoms with Crippen molar-refractivity contribution in [2.24, 2.45) is 11.7 Å². The van der Waals surface area contributed by atoms with Gasteiger partial charge in [0.1, 0.15) is 23.4 Å². The molecule has 22 nitrogen and oxygen atoms in total. The summed E-state index contributed by atoms with van der Waals surface area (Å²) in [7, 11) is 0. The number of rotatable bonds is 4. The number of carboxylic acids is 1. The fourth-order valence-corrected chi connectivity index (χ4v) is 8.86. The molecule has 2 aromatic rings. The summed E-state index contributed by atoms with van der Waals surface area (Å²) in [5, 5.41) is 13.7. The summed E-state index contributed by atoms with van der Waals surface area (Å²) < 4.78 is 46.8. The Morgan fingerprint density at radius 3 is 1.49 bits per heavy atom. The van der Waals surface area contributed by atoms with Crippen molar-refractivity contribution < 1.29 is 81.4 Å². The summed E-state index contributed by atoms with van der Waals surface area (Å²) in [4.78, 5) is 97.7. The number of carbonyl (C=O) groups is 8. The molecular formula is C55H77N5O17. The van der Waals surface area contributed by atoms with Gasteiger partial charge in [-0.15, -0.1) is 0 Å². The molecule has 10 rings (SSSR count). The highest BCUT2D eigenvalue weighted by atomic mass is 16.6. The van der Waals surface area contributed by atoms with E-state index in [-0.39, 0.29) is 78.4 Å². The van der Waals surface area contributed by atoms with Gasteiger partial charge in [0.2, 0.25) is 23.6 Å². The molecule has 77 heavy (non-hydrogen) atoms. The Labute approximate surface area is 449 Å². The van der Waals surface area contributed by atoms with E-state index in [0.29, 0.717) is 126 Å². The highest BCUT2D eigenvalue weighted by Crippen LogP contribution is 2.38. The maximum absolute atomic E-state index is 13.0. The third kappa shape index (κ3) is 18.9. The number of ether oxygens (including phenoxy) is 8. The first-order valence-electron chi connectivity index (χ1n) is 26.7. The second kappa shape index (κ2) is 27.7. The van der Waals surface area contributed by atoms with Crippen molar-refractivity contribution in [1.82, 2.24) is 20.4 Å². The Bertz CT molecular complexity index is 2410. The molecule has 2 saturated carbocycles. The standard InChI is InChI=1S/C28H38N2O8.C22H31NO7.C5H8N2O2/c1-28(2,3)38-27(34)30-10-13-35-11-4-5-12-36-24-15-18(6-8-23(24)37-21-16-20(30)17-21)22(31)14-19-7-9-25(32)29-26(19)33;1-22(2,3)30-21(26)23-8-11-27-9-4-5-10-28-19-12-15(20(24)25)6-7-18(19)29-17-13-16(23)14-17;6-3-1-2-4(8)7-5(3)9/h6,8,15,19-21H,4-5,7,9-14,16-17H2,1-3H3,(H,29,32,33);6-7,12,16-17H,4-5,8-11,13-14H2,1-3H3,(H,24,25);3H,1-2,6H2,(H,7,8,9). The third-order valence-electron chi connectivity index (χ3n) is 13.2. The van der Waals surface area contributed by atoms with Crippen LogP contribution in [0.3, 0.4) is 0 Å². The van der Waals surface area contributed by atoms with E-state index in [1.165, 1.54) is 12.1 Å². The van der Waals surface area contributed by atoms with Crippen LogP contribution < -0.4 is 35.3 Å². The van der Waals surface area contributed by atoms with Crippen LogP contribution >= 0.6 is 0 Å². The first kappa shape index (κ1) is 59.7. The first-order valence-corrected chi connectivity index (χ1v) is 26.7. The van der Waals surface area contributed by atoms with Crippen LogP contribution in [0, 0.1) is 5.92 Å². The lowest BCUT2D eigenvalue weighted by molar-refractivity contribution is -0.137. The van der Waals surface area contributed by atoms with Gasteiger partial charge in [-0.1, -0.05) is 0 Å². The monoisotopic (exact) mass is 1080 g/mol. The van der Waals surface area contributed by atoms with E-state index in [4.69, 9.17) is 43.6 Å². The Morgan fingerprint density at radius 2 is 1.05 bits per heavy atom. The molecule has 2 aromatic carbocycles. The molecule has 5 N–H and O–H groups in total. The molecule has 6 aliphatic heterocycles. The van der Waals surface area contributed by atoms with Gasteiger partial charge < -0.3 is 58.5 Å². The minimum absolute atomic E-state index is 0.0117. The molecule has 4 bridgehead atoms. The molecule has 0 aromatic heterocycles. The van der Waals surface area contributed by atoms with Crippen LogP contribution in [0.5, 0.6) is 23.0 Å². The van der Waals surface area contributed by atoms with Gasteiger partial charge in [0.05, 0.1) is 38.0 Å². The SMILES string of the molecule is CC(C)(C)OC(=O)N1CCOCCCCOc2cc(C(=O)CC3CCC(=O)NC3=O)ccc2OC2CC1C2.CC(C)(C)OC(=O)N1CCOCCCCOc2cc(C(=O)O)ccc2OC2CC1C2.NC1CCC(=O)NC1=O. The molecule has 424 valence electrons. The average Bonchev–Trinajstić information content (AvgIpc) is 3.35. The number of hydrogen-bond acceptors (Lipinski definition) is 17. The van der Waals surface area contributed by atoms with Crippen LogP contribution in [0.1, 0.15) is 146 Å². The van der Waals surface area contributed by atoms with Crippen molar-refractivity contribution >= 4 is 47.6 Å². The van der Waals surface area contributed by atoms with E-state index in [1.807, 2.05) is 41.5 Å². The largest absolute Gasteiger partial charge is 0.490 e. The van der Waals surface area contributed by atoms with E-state index >= 15 is 0 Å². The van der Waals surface area contributed by atoms with Crippen molar-refractivity contribution in [3.8, 4) is 23.0 Å². The van der Waals surface area contributed by atoms with E-state index in [1.54, 1.807) is 34.1 Å². The zero-order valence-electron chi connectivity index (χ0n) is 45.2. The van der Waals surface area contributed by atoms with Crippen LogP contribution in [0.25, 0.3) is 0 Å². The number of benzene rings is 2. The molecular weight excluding hydrogens is 1000 g/mol. The zero-order chi connectivity index (χ0) is 55.9. The highest BCUT2D eigenvalue weighted by molar-refractivity contribution is 6.03. The molecule has 2 unspecified atom stereocenters. The number of Topliss-reactive ketones (excluding diaryl/α,β-unsaturated/α-hetero) is 1. The number of nitrogens with zero attached hydrogens (tertiary/aromatic N) is 2. The number of fused-ring (bicyclic) bond motifs is 16. The normalized spacial score (nSPS) is 24.4. The van der Waals surface area contributed by atoms with Crippen LogP contribution in [-0.2, 0) is 38.1 Å². The predicted octanol–water partition coefficient (Wildman–Crippen LogP) is 6.12. The summed E-state index contributed by atoms with van der Waals surface area (Å²) in [6.45, 7) is 14.9. The van der Waals surface area contributed by atoms with Crippen LogP contribution in [0.2, 0.25) is 0 Å². The molecule has 4 fully saturated rings. The zero-order valence-corrected chi connectivity index (χ0v) is 45.2. The number of nitrogens with two attached hydrogens (primary N) is 1. The van der Waals surface area contributed by atoms with Gasteiger partial charge in [-0.25, -0.2) is 14.4 Å². The topological polar surface area (TPSA) is 287 Å². The van der Waals surface area contributed by atoms with Crippen molar-refractivity contribution in [3.05, 3.63) is 47.5 Å². The number of ketones is 1. The maximum atomic E-state index is 13.0. The molecule has 2 saturated heterocycles. The number of amides is 6. The van der Waals surface area contributed by atoms with Crippen LogP contribution in [0.4, 0.5) is 9.59 Å². The highest BCUT2D eigenvalue weighted by Gasteiger charge is 2.41. The van der Waals surface area contributed by atoms with E-state index < -0.39 is 35.0 Å². The minimum atomic E-state index is -1.01. The summed E-state index contributed by atoms with van der Waals surface area (Å²) in [6.07, 6.45) is 6.32. The van der Waals surface area contributed by atoms with Crippen LogP contribution in [-0.4, -0.2) is 157 Å². The van der Waals surface area contributed by atoms with Gasteiger partial charge in [0, 0.05) is 94.8 Å². The maximum Gasteiger partial charge on any atom is 0.410 e. The summed E-state index contributed by atoms with van der Waals surface area (Å²) >= 11 is 0. The quantitative estimate of drug-likeness (QED) is 0.198. The fraction of sp³-hybridized carbons (Fsp3) is 0.636. The Balaban J connectivity index is 0.000000218. The summed E-state index contributed by atoms with van der Waals surface area (Å²) in [6, 6.07) is 9.24. The molecule has 6 amide bonds. The average molecular weight is 1080 g/mol. The number of nitrogens with one attached hydrogen (secondary N) is 2. The van der Waals surface area contributed by atoms with Crippen molar-refractivity contribution in [1.29, 1.82) is 0 Å². The molecule has 22 heteroatoms. The number of imide groups is 2. The van der Waals surface area contributed by atoms with Crippen molar-refractivity contribution in [3.63, 3.8) is 0 Å². The predicted molar refractivity (Wildman–Crippen MR) is 277 cm³/mol. The van der Waals surface area contributed by atoms with E-state index in [0.717, 1.165) is 25.7 Å². The van der Waals surface area contributed by atoms with Gasteiger partial charge in [-0.05, 0) is 116 Å². The minimum Gasteiger partial charge on any atom is -0.490 e. The Kier molecular flexibility index (Phi) is 21.5. The third-order valence-corrected chi connectivity index (χ3v) is 13.2. The summed E-state index contributed by atoms with van der Waals surface area (Å²) in [5.74, 6) is -1.02. The van der Waals surface area contributed by atoms with Gasteiger partial charge in [-0.2, -0.15) is 0 Å². The molecule has 2 aliphatic carbocycles. The van der Waals surface area contributed by atoms with Gasteiger partial charge in [0.25, 0.3) is 0 Å². The number of hydrogen-bond donors (Lipinski definition) is 4. The molecule has 8 aliphatic rings. The second-order valence-electron chi connectivity index (χ2n) is 21.9. The number of carboxylic acid groups (broad SMARTS) is 1. The lowest BCUT2D eigenvalue weighted by atomic mass is 9.87. The van der Waals surface area contributed by atoms with Gasteiger partial charge in [-0.3, -0.25) is 34.6 Å². The Morgan fingerprint density at radius 1 is 0.610 bits per heavy atom. The number of piperidine rings is 2. The number of carbonyl (C=O) groups excluding carboxylic acids is 7. The first-order chi connectivity index (χ1) is 36.5. The van der Waals surface area contributed by atoms with Crippen LogP contribution in [0.15, 0.2) is 36.4 Å². The van der Waals surface area contributed by atoms with Crippen molar-refractivity contribution in [2.75, 3.05) is 52.7 Å². The number of aromatic carboxylic acids is 1. The molecule has 0 spiro atoms. The van der Waals surface area contributed by atoms with Gasteiger partial charge in [0.15, 0.2) is 28.8 Å². The van der Waals surface area contributed by atoms with Crippen molar-refractivity contribution in [2.45, 2.75) is 167 Å². The molecule has 6 heterocycles. The fourth-order valence-electron chi connectivity index (χ4n) is 8.86. The lowest BCUT2D eigenvalue weighted by Gasteiger charge is -2.42. The molecule has 0 radical (unpaired) electrons. The van der Waals surface area contributed by atoms with E-state index in [2.05, 4.69) is 10.6 Å². The summed E-state index contributed by atoms with van der Waals surface area (Å²) in [5.41, 5.74) is 4.71. The lowest BCUT2D eigenvalue weighted by Crippen LogP contribution is -2.53. The van der Waals surface area contributed by atoms with Gasteiger partial charge >= 0.3 is 18.2 Å². The van der Waals surface area contributed by atoms with E-state index in [9.17, 15) is 43.5 Å². The Hall–Kier alpha value is -6.52.